The first-order valence-electron chi connectivity index (χ1n) is 10.7. The molecular weight excluding hydrogens is 376 g/mol. The van der Waals surface area contributed by atoms with Crippen LogP contribution in [-0.4, -0.2) is 40.1 Å². The fourth-order valence-corrected chi connectivity index (χ4v) is 3.83. The highest BCUT2D eigenvalue weighted by atomic mass is 16.5. The first-order chi connectivity index (χ1) is 14.7. The van der Waals surface area contributed by atoms with E-state index in [4.69, 9.17) is 4.52 Å². The molecule has 1 aromatic heterocycles. The van der Waals surface area contributed by atoms with Gasteiger partial charge in [-0.1, -0.05) is 65.8 Å². The van der Waals surface area contributed by atoms with Crippen LogP contribution in [-0.2, 0) is 24.2 Å². The van der Waals surface area contributed by atoms with E-state index in [1.165, 1.54) is 11.1 Å². The number of aromatic nitrogens is 2. The Morgan fingerprint density at radius 2 is 1.67 bits per heavy atom. The van der Waals surface area contributed by atoms with Crippen molar-refractivity contribution < 1.29 is 9.32 Å². The summed E-state index contributed by atoms with van der Waals surface area (Å²) in [4.78, 5) is 19.1. The van der Waals surface area contributed by atoms with Crippen molar-refractivity contribution in [2.45, 2.75) is 44.7 Å². The minimum Gasteiger partial charge on any atom is -0.353 e. The fourth-order valence-electron chi connectivity index (χ4n) is 3.83. The Morgan fingerprint density at radius 1 is 1.00 bits per heavy atom. The molecule has 1 saturated heterocycles. The van der Waals surface area contributed by atoms with Crippen LogP contribution in [0.5, 0.6) is 0 Å². The van der Waals surface area contributed by atoms with Crippen molar-refractivity contribution in [3.8, 4) is 0 Å². The molecule has 1 amide bonds. The minimum absolute atomic E-state index is 0.139. The summed E-state index contributed by atoms with van der Waals surface area (Å²) in [5.41, 5.74) is 2.38. The Balaban J connectivity index is 1.17. The average molecular weight is 405 g/mol. The molecule has 1 fully saturated rings. The van der Waals surface area contributed by atoms with Crippen LogP contribution in [0.3, 0.4) is 0 Å². The van der Waals surface area contributed by atoms with E-state index in [1.807, 2.05) is 36.4 Å². The molecule has 0 saturated carbocycles. The summed E-state index contributed by atoms with van der Waals surface area (Å²) < 4.78 is 5.43. The molecule has 0 aliphatic carbocycles. The molecule has 0 spiro atoms. The summed E-state index contributed by atoms with van der Waals surface area (Å²) >= 11 is 0. The number of rotatable bonds is 8. The number of hydrogen-bond acceptors (Lipinski definition) is 5. The number of piperidine rings is 1. The van der Waals surface area contributed by atoms with Crippen molar-refractivity contribution in [3.63, 3.8) is 0 Å². The van der Waals surface area contributed by atoms with E-state index in [9.17, 15) is 4.79 Å². The van der Waals surface area contributed by atoms with Gasteiger partial charge in [0.1, 0.15) is 0 Å². The molecule has 0 bridgehead atoms. The van der Waals surface area contributed by atoms with Gasteiger partial charge >= 0.3 is 0 Å². The third-order valence-electron chi connectivity index (χ3n) is 5.51. The quantitative estimate of drug-likeness (QED) is 0.623. The smallest absolute Gasteiger partial charge is 0.240 e. The normalized spacial score (nSPS) is 15.2. The molecule has 156 valence electrons. The van der Waals surface area contributed by atoms with Crippen molar-refractivity contribution in [1.29, 1.82) is 0 Å². The van der Waals surface area contributed by atoms with Gasteiger partial charge in [-0.3, -0.25) is 9.69 Å². The number of nitrogens with zero attached hydrogens (tertiary/aromatic N) is 3. The summed E-state index contributed by atoms with van der Waals surface area (Å²) in [7, 11) is 0. The standard InChI is InChI=1S/C24H28N4O2/c29-23(12-11-19-7-3-1-4-8-19)25-21-13-15-28(16-14-21)18-24-26-22(27-30-24)17-20-9-5-2-6-10-20/h1-10,21H,11-18H2,(H,25,29). The zero-order chi connectivity index (χ0) is 20.6. The molecule has 2 aromatic carbocycles. The molecule has 1 aliphatic rings. The first-order valence-corrected chi connectivity index (χ1v) is 10.7. The maximum atomic E-state index is 12.3. The Labute approximate surface area is 177 Å². The molecule has 3 aromatic rings. The molecule has 6 nitrogen and oxygen atoms in total. The van der Waals surface area contributed by atoms with E-state index < -0.39 is 0 Å². The number of carbonyl (C=O) groups is 1. The van der Waals surface area contributed by atoms with Crippen LogP contribution in [0.4, 0.5) is 0 Å². The number of nitrogens with one attached hydrogen (secondary N) is 1. The SMILES string of the molecule is O=C(CCc1ccccc1)NC1CCN(Cc2nc(Cc3ccccc3)no2)CC1. The molecule has 1 aliphatic heterocycles. The van der Waals surface area contributed by atoms with Crippen molar-refractivity contribution >= 4 is 5.91 Å². The highest BCUT2D eigenvalue weighted by Gasteiger charge is 2.22. The molecule has 1 N–H and O–H groups in total. The lowest BCUT2D eigenvalue weighted by Gasteiger charge is -2.31. The van der Waals surface area contributed by atoms with E-state index >= 15 is 0 Å². The maximum absolute atomic E-state index is 12.3. The first kappa shape index (κ1) is 20.3. The maximum Gasteiger partial charge on any atom is 0.240 e. The van der Waals surface area contributed by atoms with Crippen LogP contribution in [0.15, 0.2) is 65.2 Å². The van der Waals surface area contributed by atoms with Gasteiger partial charge in [0.15, 0.2) is 5.82 Å². The zero-order valence-electron chi connectivity index (χ0n) is 17.2. The Bertz CT molecular complexity index is 919. The van der Waals surface area contributed by atoms with Crippen LogP contribution in [0, 0.1) is 0 Å². The number of hydrogen-bond donors (Lipinski definition) is 1. The second kappa shape index (κ2) is 10.2. The predicted molar refractivity (Wildman–Crippen MR) is 115 cm³/mol. The van der Waals surface area contributed by atoms with E-state index in [2.05, 4.69) is 44.6 Å². The molecule has 0 unspecified atom stereocenters. The van der Waals surface area contributed by atoms with E-state index in [0.29, 0.717) is 25.3 Å². The number of likely N-dealkylation sites (tertiary alicyclic amines) is 1. The van der Waals surface area contributed by atoms with Crippen LogP contribution in [0.2, 0.25) is 0 Å². The summed E-state index contributed by atoms with van der Waals surface area (Å²) in [6.07, 6.45) is 3.90. The fraction of sp³-hybridized carbons (Fsp3) is 0.375. The van der Waals surface area contributed by atoms with Crippen LogP contribution in [0.1, 0.15) is 42.1 Å². The Morgan fingerprint density at radius 3 is 2.37 bits per heavy atom. The Hall–Kier alpha value is -2.99. The molecule has 0 atom stereocenters. The van der Waals surface area contributed by atoms with Crippen LogP contribution in [0.25, 0.3) is 0 Å². The van der Waals surface area contributed by atoms with E-state index in [-0.39, 0.29) is 11.9 Å². The lowest BCUT2D eigenvalue weighted by molar-refractivity contribution is -0.122. The van der Waals surface area contributed by atoms with Gasteiger partial charge in [-0.25, -0.2) is 0 Å². The van der Waals surface area contributed by atoms with Crippen LogP contribution < -0.4 is 5.32 Å². The molecule has 6 heteroatoms. The second-order valence-corrected chi connectivity index (χ2v) is 7.87. The summed E-state index contributed by atoms with van der Waals surface area (Å²) in [5.74, 6) is 1.52. The molecule has 0 radical (unpaired) electrons. The number of amides is 1. The number of carbonyl (C=O) groups excluding carboxylic acids is 1. The van der Waals surface area contributed by atoms with Gasteiger partial charge in [-0.15, -0.1) is 0 Å². The van der Waals surface area contributed by atoms with Gasteiger partial charge in [-0.2, -0.15) is 4.98 Å². The van der Waals surface area contributed by atoms with Gasteiger partial charge in [0.2, 0.25) is 11.8 Å². The highest BCUT2D eigenvalue weighted by molar-refractivity contribution is 5.76. The van der Waals surface area contributed by atoms with Crippen molar-refractivity contribution in [3.05, 3.63) is 83.5 Å². The molecule has 4 rings (SSSR count). The van der Waals surface area contributed by atoms with Crippen LogP contribution >= 0.6 is 0 Å². The third kappa shape index (κ3) is 6.00. The van der Waals surface area contributed by atoms with E-state index in [0.717, 1.165) is 38.2 Å². The number of benzene rings is 2. The summed E-state index contributed by atoms with van der Waals surface area (Å²) in [5, 5.41) is 7.29. The predicted octanol–water partition coefficient (Wildman–Crippen LogP) is 3.37. The largest absolute Gasteiger partial charge is 0.353 e. The van der Waals surface area contributed by atoms with E-state index in [1.54, 1.807) is 0 Å². The van der Waals surface area contributed by atoms with Gasteiger partial charge in [-0.05, 0) is 30.4 Å². The zero-order valence-corrected chi connectivity index (χ0v) is 17.2. The molecular formula is C24H28N4O2. The Kier molecular flexibility index (Phi) is 6.87. The monoisotopic (exact) mass is 404 g/mol. The average Bonchev–Trinajstić information content (AvgIpc) is 3.22. The highest BCUT2D eigenvalue weighted by Crippen LogP contribution is 2.14. The number of aryl methyl sites for hydroxylation is 1. The summed E-state index contributed by atoms with van der Waals surface area (Å²) in [6, 6.07) is 20.6. The van der Waals surface area contributed by atoms with Crippen molar-refractivity contribution in [2.24, 2.45) is 0 Å². The van der Waals surface area contributed by atoms with Gasteiger partial charge in [0.05, 0.1) is 6.54 Å². The second-order valence-electron chi connectivity index (χ2n) is 7.87. The van der Waals surface area contributed by atoms with Gasteiger partial charge in [0, 0.05) is 32.0 Å². The van der Waals surface area contributed by atoms with Crippen molar-refractivity contribution in [1.82, 2.24) is 20.4 Å². The lowest BCUT2D eigenvalue weighted by atomic mass is 10.0. The lowest BCUT2D eigenvalue weighted by Crippen LogP contribution is -2.44. The molecule has 30 heavy (non-hydrogen) atoms. The third-order valence-corrected chi connectivity index (χ3v) is 5.51. The topological polar surface area (TPSA) is 71.3 Å². The molecule has 2 heterocycles. The van der Waals surface area contributed by atoms with Gasteiger partial charge < -0.3 is 9.84 Å². The van der Waals surface area contributed by atoms with Crippen molar-refractivity contribution in [2.75, 3.05) is 13.1 Å². The summed E-state index contributed by atoms with van der Waals surface area (Å²) in [6.45, 7) is 2.50. The minimum atomic E-state index is 0.139. The van der Waals surface area contributed by atoms with Gasteiger partial charge in [0.25, 0.3) is 0 Å².